The lowest BCUT2D eigenvalue weighted by molar-refractivity contribution is -0.0383. The Balaban J connectivity index is 1.61. The summed E-state index contributed by atoms with van der Waals surface area (Å²) in [6.07, 6.45) is 4.39. The highest BCUT2D eigenvalue weighted by Crippen LogP contribution is 2.33. The second-order valence-corrected chi connectivity index (χ2v) is 6.58. The van der Waals surface area contributed by atoms with E-state index in [1.54, 1.807) is 0 Å². The van der Waals surface area contributed by atoms with Crippen molar-refractivity contribution in [2.75, 3.05) is 19.8 Å². The molecule has 1 saturated heterocycles. The van der Waals surface area contributed by atoms with Crippen LogP contribution in [0, 0.1) is 5.92 Å². The molecule has 2 heterocycles. The molecule has 5 nitrogen and oxygen atoms in total. The highest BCUT2D eigenvalue weighted by molar-refractivity contribution is 5.98. The van der Waals surface area contributed by atoms with Crippen molar-refractivity contribution < 1.29 is 14.6 Å². The monoisotopic (exact) mass is 314 g/mol. The quantitative estimate of drug-likeness (QED) is 0.893. The van der Waals surface area contributed by atoms with E-state index in [0.717, 1.165) is 30.2 Å². The molecule has 4 rings (SSSR count). The minimum Gasteiger partial charge on any atom is -0.393 e. The molecule has 0 spiro atoms. The number of aromatic nitrogens is 1. The third-order valence-electron chi connectivity index (χ3n) is 5.25. The molecule has 1 aliphatic carbocycles. The van der Waals surface area contributed by atoms with E-state index >= 15 is 0 Å². The van der Waals surface area contributed by atoms with Crippen LogP contribution in [0.1, 0.15) is 29.6 Å². The van der Waals surface area contributed by atoms with Crippen LogP contribution in [0.4, 0.5) is 0 Å². The number of carbonyl (C=O) groups is 1. The smallest absolute Gasteiger partial charge is 0.254 e. The minimum atomic E-state index is -0.316. The maximum absolute atomic E-state index is 13.0. The molecule has 0 radical (unpaired) electrons. The Labute approximate surface area is 135 Å². The zero-order valence-corrected chi connectivity index (χ0v) is 13.1. The van der Waals surface area contributed by atoms with Gasteiger partial charge in [0.1, 0.15) is 0 Å². The largest absolute Gasteiger partial charge is 0.393 e. The maximum Gasteiger partial charge on any atom is 0.254 e. The Morgan fingerprint density at radius 2 is 2.22 bits per heavy atom. The first kappa shape index (κ1) is 14.7. The average molecular weight is 314 g/mol. The van der Waals surface area contributed by atoms with E-state index < -0.39 is 0 Å². The van der Waals surface area contributed by atoms with E-state index in [9.17, 15) is 9.90 Å². The fraction of sp³-hybridized carbons (Fsp3) is 0.500. The molecular weight excluding hydrogens is 292 g/mol. The second kappa shape index (κ2) is 5.98. The number of hydrogen-bond donors (Lipinski definition) is 2. The number of amides is 1. The third-order valence-corrected chi connectivity index (χ3v) is 5.25. The number of ether oxygens (including phenoxy) is 1. The Morgan fingerprint density at radius 3 is 3.04 bits per heavy atom. The summed E-state index contributed by atoms with van der Waals surface area (Å²) in [5.74, 6) is 0.177. The van der Waals surface area contributed by atoms with Crippen LogP contribution in [0.15, 0.2) is 30.5 Å². The van der Waals surface area contributed by atoms with Gasteiger partial charge in [0.2, 0.25) is 0 Å². The van der Waals surface area contributed by atoms with Gasteiger partial charge in [-0.3, -0.25) is 4.79 Å². The van der Waals surface area contributed by atoms with Crippen LogP contribution in [0.5, 0.6) is 0 Å². The van der Waals surface area contributed by atoms with Gasteiger partial charge in [-0.05, 0) is 37.1 Å². The van der Waals surface area contributed by atoms with Gasteiger partial charge >= 0.3 is 0 Å². The normalized spacial score (nSPS) is 28.4. The van der Waals surface area contributed by atoms with Crippen LogP contribution in [0.3, 0.4) is 0 Å². The summed E-state index contributed by atoms with van der Waals surface area (Å²) >= 11 is 0. The van der Waals surface area contributed by atoms with Gasteiger partial charge in [0.15, 0.2) is 0 Å². The molecular formula is C18H22N2O3. The van der Waals surface area contributed by atoms with Crippen molar-refractivity contribution in [2.45, 2.75) is 31.4 Å². The van der Waals surface area contributed by atoms with Gasteiger partial charge in [-0.1, -0.05) is 6.42 Å². The van der Waals surface area contributed by atoms with Gasteiger partial charge < -0.3 is 19.7 Å². The zero-order valence-electron chi connectivity index (χ0n) is 13.1. The SMILES string of the molecule is O=C(c1ccc2[nH]ccc2c1)N1CCOC[C@@H]1[C@@H]1CCC[C@@H]1O. The highest BCUT2D eigenvalue weighted by atomic mass is 16.5. The molecule has 1 saturated carbocycles. The van der Waals surface area contributed by atoms with Gasteiger partial charge in [0.25, 0.3) is 5.91 Å². The topological polar surface area (TPSA) is 65.6 Å². The van der Waals surface area contributed by atoms with Crippen LogP contribution >= 0.6 is 0 Å². The van der Waals surface area contributed by atoms with Crippen LogP contribution < -0.4 is 0 Å². The molecule has 1 aromatic carbocycles. The lowest BCUT2D eigenvalue weighted by atomic mass is 9.93. The number of aliphatic hydroxyl groups excluding tert-OH is 1. The maximum atomic E-state index is 13.0. The van der Waals surface area contributed by atoms with E-state index in [1.807, 2.05) is 35.4 Å². The first-order chi connectivity index (χ1) is 11.2. The Kier molecular flexibility index (Phi) is 3.83. The molecule has 0 bridgehead atoms. The fourth-order valence-electron chi connectivity index (χ4n) is 4.00. The predicted octanol–water partition coefficient (Wildman–Crippen LogP) is 2.17. The molecule has 0 unspecified atom stereocenters. The Morgan fingerprint density at radius 1 is 1.30 bits per heavy atom. The molecule has 5 heteroatoms. The summed E-state index contributed by atoms with van der Waals surface area (Å²) in [6.45, 7) is 1.69. The second-order valence-electron chi connectivity index (χ2n) is 6.58. The summed E-state index contributed by atoms with van der Waals surface area (Å²) in [4.78, 5) is 18.1. The van der Waals surface area contributed by atoms with Gasteiger partial charge in [-0.2, -0.15) is 0 Å². The van der Waals surface area contributed by atoms with E-state index in [-0.39, 0.29) is 24.0 Å². The summed E-state index contributed by atoms with van der Waals surface area (Å²) in [5, 5.41) is 11.3. The zero-order chi connectivity index (χ0) is 15.8. The van der Waals surface area contributed by atoms with E-state index in [1.165, 1.54) is 0 Å². The van der Waals surface area contributed by atoms with Crippen molar-refractivity contribution in [1.82, 2.24) is 9.88 Å². The molecule has 122 valence electrons. The first-order valence-electron chi connectivity index (χ1n) is 8.38. The van der Waals surface area contributed by atoms with E-state index in [0.29, 0.717) is 25.3 Å². The number of hydrogen-bond acceptors (Lipinski definition) is 3. The predicted molar refractivity (Wildman–Crippen MR) is 87.3 cm³/mol. The van der Waals surface area contributed by atoms with Crippen molar-refractivity contribution in [1.29, 1.82) is 0 Å². The molecule has 2 aliphatic rings. The number of nitrogens with zero attached hydrogens (tertiary/aromatic N) is 1. The van der Waals surface area contributed by atoms with Crippen LogP contribution in [0.25, 0.3) is 10.9 Å². The van der Waals surface area contributed by atoms with Gasteiger partial charge in [-0.25, -0.2) is 0 Å². The van der Waals surface area contributed by atoms with Gasteiger partial charge in [0, 0.05) is 35.1 Å². The molecule has 2 N–H and O–H groups in total. The van der Waals surface area contributed by atoms with Crippen molar-refractivity contribution >= 4 is 16.8 Å². The van der Waals surface area contributed by atoms with Crippen LogP contribution in [-0.2, 0) is 4.74 Å². The third kappa shape index (κ3) is 2.64. The molecule has 1 aromatic heterocycles. The van der Waals surface area contributed by atoms with Crippen molar-refractivity contribution in [3.05, 3.63) is 36.0 Å². The Bertz CT molecular complexity index is 711. The Hall–Kier alpha value is -1.85. The molecule has 2 aromatic rings. The molecule has 23 heavy (non-hydrogen) atoms. The number of aromatic amines is 1. The fourth-order valence-corrected chi connectivity index (χ4v) is 4.00. The average Bonchev–Trinajstić information content (AvgIpc) is 3.22. The minimum absolute atomic E-state index is 0.0179. The van der Waals surface area contributed by atoms with Gasteiger partial charge in [0.05, 0.1) is 25.4 Å². The summed E-state index contributed by atoms with van der Waals surface area (Å²) in [7, 11) is 0. The van der Waals surface area contributed by atoms with Crippen LogP contribution in [0.2, 0.25) is 0 Å². The van der Waals surface area contributed by atoms with E-state index in [4.69, 9.17) is 4.74 Å². The molecule has 1 amide bonds. The summed E-state index contributed by atoms with van der Waals surface area (Å²) < 4.78 is 5.61. The number of benzene rings is 1. The first-order valence-corrected chi connectivity index (χ1v) is 8.38. The number of nitrogens with one attached hydrogen (secondary N) is 1. The standard InChI is InChI=1S/C18H22N2O3/c21-17-3-1-2-14(17)16-11-23-9-8-20(16)18(22)13-4-5-15-12(10-13)6-7-19-15/h4-7,10,14,16-17,19,21H,1-3,8-9,11H2/t14-,16+,17-/m0/s1. The number of carbonyl (C=O) groups excluding carboxylic acids is 1. The van der Waals surface area contributed by atoms with E-state index in [2.05, 4.69) is 4.98 Å². The molecule has 1 aliphatic heterocycles. The van der Waals surface area contributed by atoms with Crippen LogP contribution in [-0.4, -0.2) is 52.8 Å². The number of rotatable bonds is 2. The molecule has 3 atom stereocenters. The lowest BCUT2D eigenvalue weighted by Crippen LogP contribution is -2.53. The van der Waals surface area contributed by atoms with Crippen molar-refractivity contribution in [3.63, 3.8) is 0 Å². The lowest BCUT2D eigenvalue weighted by Gasteiger charge is -2.40. The van der Waals surface area contributed by atoms with Crippen molar-refractivity contribution in [2.24, 2.45) is 5.92 Å². The summed E-state index contributed by atoms with van der Waals surface area (Å²) in [5.41, 5.74) is 1.74. The summed E-state index contributed by atoms with van der Waals surface area (Å²) in [6, 6.07) is 7.71. The molecule has 2 fully saturated rings. The highest BCUT2D eigenvalue weighted by Gasteiger charge is 2.39. The number of aliphatic hydroxyl groups is 1. The van der Waals surface area contributed by atoms with Crippen molar-refractivity contribution in [3.8, 4) is 0 Å². The number of morpholine rings is 1. The van der Waals surface area contributed by atoms with Gasteiger partial charge in [-0.15, -0.1) is 0 Å². The number of H-pyrrole nitrogens is 1. The number of fused-ring (bicyclic) bond motifs is 1.